The largest absolute Gasteiger partial charge is 0.381 e. The fraction of sp³-hybridized carbons (Fsp3) is 0.500. The van der Waals surface area contributed by atoms with Crippen molar-refractivity contribution in [1.29, 1.82) is 0 Å². The van der Waals surface area contributed by atoms with Gasteiger partial charge < -0.3 is 9.26 Å². The molecule has 0 amide bonds. The Bertz CT molecular complexity index is 488. The van der Waals surface area contributed by atoms with Gasteiger partial charge in [-0.1, -0.05) is 5.16 Å². The maximum Gasteiger partial charge on any atom is 0.277 e. The van der Waals surface area contributed by atoms with Gasteiger partial charge >= 0.3 is 0 Å². The van der Waals surface area contributed by atoms with Gasteiger partial charge in [-0.25, -0.2) is 4.98 Å². The maximum absolute atomic E-state index is 5.30. The Morgan fingerprint density at radius 1 is 1.44 bits per heavy atom. The number of hydrogen-bond acceptors (Lipinski definition) is 6. The highest BCUT2D eigenvalue weighted by molar-refractivity contribution is 7.09. The van der Waals surface area contributed by atoms with E-state index in [-0.39, 0.29) is 5.92 Å². The molecule has 0 N–H and O–H groups in total. The molecule has 0 unspecified atom stereocenters. The van der Waals surface area contributed by atoms with Crippen LogP contribution in [0.5, 0.6) is 0 Å². The van der Waals surface area contributed by atoms with Crippen LogP contribution >= 0.6 is 11.3 Å². The summed E-state index contributed by atoms with van der Waals surface area (Å²) in [5.74, 6) is 1.52. The van der Waals surface area contributed by atoms with Gasteiger partial charge in [-0.3, -0.25) is 0 Å². The first-order valence-corrected chi connectivity index (χ1v) is 6.05. The molecule has 84 valence electrons. The van der Waals surface area contributed by atoms with Gasteiger partial charge in [0.25, 0.3) is 5.89 Å². The Labute approximate surface area is 96.5 Å². The van der Waals surface area contributed by atoms with E-state index in [1.54, 1.807) is 11.3 Å². The average Bonchev–Trinajstić information content (AvgIpc) is 2.97. The van der Waals surface area contributed by atoms with Crippen molar-refractivity contribution >= 4 is 11.3 Å². The summed E-state index contributed by atoms with van der Waals surface area (Å²) in [7, 11) is 0. The van der Waals surface area contributed by atoms with Gasteiger partial charge in [0.1, 0.15) is 5.69 Å². The highest BCUT2D eigenvalue weighted by Gasteiger charge is 2.23. The molecule has 0 saturated carbocycles. The molecule has 0 aliphatic carbocycles. The van der Waals surface area contributed by atoms with Crippen molar-refractivity contribution in [1.82, 2.24) is 15.1 Å². The van der Waals surface area contributed by atoms with Gasteiger partial charge in [0.2, 0.25) is 0 Å². The lowest BCUT2D eigenvalue weighted by atomic mass is 10.1. The molecule has 1 saturated heterocycles. The molecular weight excluding hydrogens is 226 g/mol. The first kappa shape index (κ1) is 9.92. The van der Waals surface area contributed by atoms with E-state index in [1.807, 2.05) is 12.3 Å². The van der Waals surface area contributed by atoms with Crippen molar-refractivity contribution in [3.8, 4) is 11.6 Å². The first-order valence-electron chi connectivity index (χ1n) is 5.17. The maximum atomic E-state index is 5.30. The van der Waals surface area contributed by atoms with E-state index in [1.165, 1.54) is 0 Å². The van der Waals surface area contributed by atoms with Crippen molar-refractivity contribution in [2.75, 3.05) is 13.2 Å². The molecule has 0 spiro atoms. The number of ether oxygens (including phenoxy) is 1. The monoisotopic (exact) mass is 237 g/mol. The summed E-state index contributed by atoms with van der Waals surface area (Å²) in [5.41, 5.74) is 0.764. The number of rotatable bonds is 2. The molecule has 0 radical (unpaired) electrons. The quantitative estimate of drug-likeness (QED) is 0.799. The lowest BCUT2D eigenvalue weighted by molar-refractivity contribution is 0.192. The molecule has 1 aliphatic heterocycles. The molecule has 16 heavy (non-hydrogen) atoms. The molecule has 1 atom stereocenters. The summed E-state index contributed by atoms with van der Waals surface area (Å²) in [6.45, 7) is 3.43. The highest BCUT2D eigenvalue weighted by atomic mass is 32.1. The second kappa shape index (κ2) is 3.95. The molecule has 0 aromatic carbocycles. The van der Waals surface area contributed by atoms with Gasteiger partial charge in [0.05, 0.1) is 11.6 Å². The molecule has 5 nitrogen and oxygen atoms in total. The molecule has 6 heteroatoms. The molecular formula is C10H11N3O2S. The molecule has 0 bridgehead atoms. The summed E-state index contributed by atoms with van der Waals surface area (Å²) in [4.78, 5) is 8.67. The van der Waals surface area contributed by atoms with Crippen LogP contribution in [0.25, 0.3) is 11.6 Å². The van der Waals surface area contributed by atoms with Crippen LogP contribution in [0.15, 0.2) is 9.90 Å². The smallest absolute Gasteiger partial charge is 0.277 e. The second-order valence-electron chi connectivity index (χ2n) is 3.77. The van der Waals surface area contributed by atoms with Crippen LogP contribution in [-0.4, -0.2) is 28.3 Å². The van der Waals surface area contributed by atoms with Gasteiger partial charge in [-0.05, 0) is 13.3 Å². The van der Waals surface area contributed by atoms with E-state index in [9.17, 15) is 0 Å². The van der Waals surface area contributed by atoms with Gasteiger partial charge in [-0.15, -0.1) is 11.3 Å². The van der Waals surface area contributed by atoms with E-state index in [4.69, 9.17) is 9.26 Å². The van der Waals surface area contributed by atoms with Crippen molar-refractivity contribution in [2.24, 2.45) is 0 Å². The summed E-state index contributed by atoms with van der Waals surface area (Å²) >= 11 is 1.58. The fourth-order valence-electron chi connectivity index (χ4n) is 1.70. The lowest BCUT2D eigenvalue weighted by Gasteiger charge is -1.97. The Morgan fingerprint density at radius 2 is 2.38 bits per heavy atom. The third kappa shape index (κ3) is 1.74. The molecule has 1 fully saturated rings. The normalized spacial score (nSPS) is 20.4. The number of aromatic nitrogens is 3. The number of thiazole rings is 1. The summed E-state index contributed by atoms with van der Waals surface area (Å²) in [6, 6.07) is 0. The van der Waals surface area contributed by atoms with Crippen LogP contribution < -0.4 is 0 Å². The third-order valence-electron chi connectivity index (χ3n) is 2.57. The van der Waals surface area contributed by atoms with Crippen LogP contribution in [0.2, 0.25) is 0 Å². The van der Waals surface area contributed by atoms with Crippen LogP contribution in [0.3, 0.4) is 0 Å². The van der Waals surface area contributed by atoms with E-state index >= 15 is 0 Å². The Hall–Kier alpha value is -1.27. The molecule has 3 rings (SSSR count). The Kier molecular flexibility index (Phi) is 2.45. The van der Waals surface area contributed by atoms with E-state index < -0.39 is 0 Å². The Morgan fingerprint density at radius 3 is 3.06 bits per heavy atom. The van der Waals surface area contributed by atoms with Gasteiger partial charge in [0, 0.05) is 17.9 Å². The fourth-order valence-corrected chi connectivity index (χ4v) is 2.29. The predicted octanol–water partition coefficient (Wildman–Crippen LogP) is 2.01. The first-order chi connectivity index (χ1) is 7.83. The molecule has 3 heterocycles. The minimum absolute atomic E-state index is 0.275. The Balaban J connectivity index is 1.87. The van der Waals surface area contributed by atoms with E-state index in [0.717, 1.165) is 29.6 Å². The van der Waals surface area contributed by atoms with Crippen molar-refractivity contribution in [2.45, 2.75) is 19.3 Å². The van der Waals surface area contributed by atoms with Crippen LogP contribution in [-0.2, 0) is 4.74 Å². The van der Waals surface area contributed by atoms with E-state index in [0.29, 0.717) is 12.5 Å². The number of nitrogens with zero attached hydrogens (tertiary/aromatic N) is 3. The van der Waals surface area contributed by atoms with Crippen LogP contribution in [0.1, 0.15) is 23.2 Å². The van der Waals surface area contributed by atoms with Crippen molar-refractivity contribution in [3.05, 3.63) is 16.2 Å². The molecule has 2 aromatic heterocycles. The predicted molar refractivity (Wildman–Crippen MR) is 58.3 cm³/mol. The summed E-state index contributed by atoms with van der Waals surface area (Å²) in [5, 5.41) is 6.91. The number of aryl methyl sites for hydroxylation is 1. The van der Waals surface area contributed by atoms with Crippen LogP contribution in [0.4, 0.5) is 0 Å². The van der Waals surface area contributed by atoms with Gasteiger partial charge in [0.15, 0.2) is 5.82 Å². The lowest BCUT2D eigenvalue weighted by Crippen LogP contribution is -1.99. The third-order valence-corrected chi connectivity index (χ3v) is 3.35. The van der Waals surface area contributed by atoms with Crippen molar-refractivity contribution < 1.29 is 9.26 Å². The van der Waals surface area contributed by atoms with Gasteiger partial charge in [-0.2, -0.15) is 4.98 Å². The highest BCUT2D eigenvalue weighted by Crippen LogP contribution is 2.26. The zero-order valence-electron chi connectivity index (χ0n) is 8.84. The average molecular weight is 237 g/mol. The summed E-state index contributed by atoms with van der Waals surface area (Å²) < 4.78 is 10.5. The minimum atomic E-state index is 0.275. The molecule has 2 aromatic rings. The topological polar surface area (TPSA) is 61.0 Å². The van der Waals surface area contributed by atoms with Crippen molar-refractivity contribution in [3.63, 3.8) is 0 Å². The zero-order valence-corrected chi connectivity index (χ0v) is 9.66. The standard InChI is InChI=1S/C10H11N3O2S/c1-6-11-8(5-16-6)10-12-9(13-15-10)7-2-3-14-4-7/h5,7H,2-4H2,1H3/t7-/m1/s1. The molecule has 1 aliphatic rings. The summed E-state index contributed by atoms with van der Waals surface area (Å²) in [6.07, 6.45) is 0.967. The SMILES string of the molecule is Cc1nc(-c2nc([C@@H]3CCOC3)no2)cs1. The number of hydrogen-bond donors (Lipinski definition) is 0. The zero-order chi connectivity index (χ0) is 11.0. The van der Waals surface area contributed by atoms with Crippen LogP contribution in [0, 0.1) is 6.92 Å². The second-order valence-corrected chi connectivity index (χ2v) is 4.83. The minimum Gasteiger partial charge on any atom is -0.381 e. The van der Waals surface area contributed by atoms with E-state index in [2.05, 4.69) is 15.1 Å².